The van der Waals surface area contributed by atoms with Crippen molar-refractivity contribution in [2.24, 2.45) is 0 Å². The third kappa shape index (κ3) is 6.33. The second kappa shape index (κ2) is 11.5. The third-order valence-corrected chi connectivity index (χ3v) is 7.45. The Hall–Kier alpha value is -4.49. The molecule has 0 saturated heterocycles. The van der Waals surface area contributed by atoms with Crippen LogP contribution in [-0.2, 0) is 9.84 Å². The standard InChI is InChI=1S/C32H29NO5S/c1-36-28-14-18-31-25(23-28)9-17-30(24-7-15-29(16-8-24)39(2,34)35)32(31)38-27-12-10-26(11-13-27)37-22-21-33-19-5-3-4-6-20-33/h3-20,23H,21-22H2,1-2H3. The van der Waals surface area contributed by atoms with E-state index in [-0.39, 0.29) is 4.90 Å². The smallest absolute Gasteiger partial charge is 0.175 e. The SMILES string of the molecule is COc1ccc2c(Oc3ccc(OCCN4C=CC=CC=C4)cc3)c(-c3ccc(S(C)(=O)=O)cc3)ccc2c1. The Morgan fingerprint density at radius 1 is 0.744 bits per heavy atom. The number of rotatable bonds is 9. The van der Waals surface area contributed by atoms with E-state index in [1.54, 1.807) is 31.4 Å². The van der Waals surface area contributed by atoms with Crippen molar-refractivity contribution in [3.8, 4) is 34.1 Å². The summed E-state index contributed by atoms with van der Waals surface area (Å²) in [6, 6.07) is 24.2. The van der Waals surface area contributed by atoms with Crippen LogP contribution in [0.15, 0.2) is 120 Å². The normalized spacial score (nSPS) is 12.9. The number of ether oxygens (including phenoxy) is 3. The van der Waals surface area contributed by atoms with Crippen molar-refractivity contribution in [1.29, 1.82) is 0 Å². The molecule has 0 saturated carbocycles. The Bertz CT molecular complexity index is 1640. The van der Waals surface area contributed by atoms with Crippen LogP contribution in [0.5, 0.6) is 23.0 Å². The van der Waals surface area contributed by atoms with E-state index in [0.717, 1.165) is 39.9 Å². The molecule has 4 aromatic rings. The molecule has 7 heteroatoms. The van der Waals surface area contributed by atoms with Crippen LogP contribution >= 0.6 is 0 Å². The molecule has 0 atom stereocenters. The Labute approximate surface area is 229 Å². The fourth-order valence-electron chi connectivity index (χ4n) is 4.26. The highest BCUT2D eigenvalue weighted by Crippen LogP contribution is 2.41. The molecule has 0 spiro atoms. The van der Waals surface area contributed by atoms with Crippen LogP contribution in [0.4, 0.5) is 0 Å². The van der Waals surface area contributed by atoms with Gasteiger partial charge in [-0.15, -0.1) is 0 Å². The van der Waals surface area contributed by atoms with Crippen LogP contribution in [0.3, 0.4) is 0 Å². The molecule has 1 aliphatic rings. The highest BCUT2D eigenvalue weighted by Gasteiger charge is 2.15. The summed E-state index contributed by atoms with van der Waals surface area (Å²) in [7, 11) is -1.65. The van der Waals surface area contributed by atoms with Gasteiger partial charge < -0.3 is 19.1 Å². The van der Waals surface area contributed by atoms with Crippen LogP contribution in [0.25, 0.3) is 21.9 Å². The molecule has 0 radical (unpaired) electrons. The van der Waals surface area contributed by atoms with Crippen LogP contribution in [0, 0.1) is 0 Å². The van der Waals surface area contributed by atoms with Crippen molar-refractivity contribution in [3.63, 3.8) is 0 Å². The minimum Gasteiger partial charge on any atom is -0.497 e. The lowest BCUT2D eigenvalue weighted by Gasteiger charge is -2.17. The van der Waals surface area contributed by atoms with Crippen LogP contribution in [0.2, 0.25) is 0 Å². The maximum absolute atomic E-state index is 12.0. The Morgan fingerprint density at radius 3 is 2.08 bits per heavy atom. The first-order chi connectivity index (χ1) is 18.9. The Morgan fingerprint density at radius 2 is 1.41 bits per heavy atom. The predicted octanol–water partition coefficient (Wildman–Crippen LogP) is 6.99. The Balaban J connectivity index is 1.40. The van der Waals surface area contributed by atoms with Gasteiger partial charge in [-0.2, -0.15) is 0 Å². The molecule has 0 aromatic heterocycles. The molecule has 6 nitrogen and oxygen atoms in total. The van der Waals surface area contributed by atoms with Crippen molar-refractivity contribution in [1.82, 2.24) is 4.90 Å². The van der Waals surface area contributed by atoms with Gasteiger partial charge in [-0.3, -0.25) is 0 Å². The summed E-state index contributed by atoms with van der Waals surface area (Å²) in [4.78, 5) is 2.34. The summed E-state index contributed by atoms with van der Waals surface area (Å²) >= 11 is 0. The molecule has 1 aliphatic heterocycles. The number of nitrogens with zero attached hydrogens (tertiary/aromatic N) is 1. The molecule has 0 fully saturated rings. The maximum atomic E-state index is 12.0. The van der Waals surface area contributed by atoms with Gasteiger partial charge in [0.1, 0.15) is 29.6 Å². The van der Waals surface area contributed by atoms with Crippen LogP contribution in [-0.4, -0.2) is 39.8 Å². The van der Waals surface area contributed by atoms with Crippen molar-refractivity contribution >= 4 is 20.6 Å². The first-order valence-corrected chi connectivity index (χ1v) is 14.4. The first kappa shape index (κ1) is 26.1. The number of benzene rings is 4. The van der Waals surface area contributed by atoms with E-state index in [0.29, 0.717) is 18.1 Å². The quantitative estimate of drug-likeness (QED) is 0.228. The van der Waals surface area contributed by atoms with Gasteiger partial charge in [0.2, 0.25) is 0 Å². The van der Waals surface area contributed by atoms with Crippen LogP contribution in [0.1, 0.15) is 0 Å². The fourth-order valence-corrected chi connectivity index (χ4v) is 4.89. The minimum absolute atomic E-state index is 0.273. The van der Waals surface area contributed by atoms with Gasteiger partial charge in [-0.25, -0.2) is 8.42 Å². The van der Waals surface area contributed by atoms with E-state index < -0.39 is 9.84 Å². The predicted molar refractivity (Wildman–Crippen MR) is 155 cm³/mol. The molecule has 0 bridgehead atoms. The van der Waals surface area contributed by atoms with E-state index in [9.17, 15) is 8.42 Å². The lowest BCUT2D eigenvalue weighted by molar-refractivity contribution is 0.283. The second-order valence-corrected chi connectivity index (χ2v) is 11.1. The zero-order valence-electron chi connectivity index (χ0n) is 21.8. The average Bonchev–Trinajstić information content (AvgIpc) is 3.22. The molecule has 39 heavy (non-hydrogen) atoms. The fraction of sp³-hybridized carbons (Fsp3) is 0.125. The van der Waals surface area contributed by atoms with Gasteiger partial charge >= 0.3 is 0 Å². The zero-order valence-corrected chi connectivity index (χ0v) is 22.6. The summed E-state index contributed by atoms with van der Waals surface area (Å²) < 4.78 is 41.7. The summed E-state index contributed by atoms with van der Waals surface area (Å²) in [6.45, 7) is 1.27. The molecule has 0 amide bonds. The van der Waals surface area contributed by atoms with E-state index in [4.69, 9.17) is 14.2 Å². The monoisotopic (exact) mass is 539 g/mol. The number of allylic oxidation sites excluding steroid dienone is 4. The molecular formula is C32H29NO5S. The summed E-state index contributed by atoms with van der Waals surface area (Å²) in [5.41, 5.74) is 1.70. The molecular weight excluding hydrogens is 510 g/mol. The highest BCUT2D eigenvalue weighted by molar-refractivity contribution is 7.90. The lowest BCUT2D eigenvalue weighted by atomic mass is 9.99. The molecule has 198 valence electrons. The molecule has 0 unspecified atom stereocenters. The summed E-state index contributed by atoms with van der Waals surface area (Å²) in [5, 5.41) is 1.88. The maximum Gasteiger partial charge on any atom is 0.175 e. The third-order valence-electron chi connectivity index (χ3n) is 6.32. The van der Waals surface area contributed by atoms with E-state index in [1.165, 1.54) is 6.26 Å². The molecule has 5 rings (SSSR count). The average molecular weight is 540 g/mol. The molecule has 0 aliphatic carbocycles. The molecule has 1 heterocycles. The van der Waals surface area contributed by atoms with Crippen molar-refractivity contribution in [2.45, 2.75) is 4.90 Å². The van der Waals surface area contributed by atoms with Crippen molar-refractivity contribution < 1.29 is 22.6 Å². The van der Waals surface area contributed by atoms with Crippen molar-refractivity contribution in [2.75, 3.05) is 26.5 Å². The van der Waals surface area contributed by atoms with Gasteiger partial charge in [0.15, 0.2) is 9.84 Å². The van der Waals surface area contributed by atoms with E-state index in [2.05, 4.69) is 4.90 Å². The second-order valence-electron chi connectivity index (χ2n) is 9.05. The lowest BCUT2D eigenvalue weighted by Crippen LogP contribution is -2.17. The van der Waals surface area contributed by atoms with Crippen LogP contribution < -0.4 is 14.2 Å². The van der Waals surface area contributed by atoms with E-state index >= 15 is 0 Å². The summed E-state index contributed by atoms with van der Waals surface area (Å²) in [6.07, 6.45) is 13.2. The summed E-state index contributed by atoms with van der Waals surface area (Å²) in [5.74, 6) is 2.83. The highest BCUT2D eigenvalue weighted by atomic mass is 32.2. The Kier molecular flexibility index (Phi) is 7.70. The van der Waals surface area contributed by atoms with Crippen molar-refractivity contribution in [3.05, 3.63) is 116 Å². The number of methoxy groups -OCH3 is 1. The van der Waals surface area contributed by atoms with Gasteiger partial charge in [0.05, 0.1) is 18.6 Å². The topological polar surface area (TPSA) is 65.1 Å². The van der Waals surface area contributed by atoms with Gasteiger partial charge in [-0.05, 0) is 83.8 Å². The largest absolute Gasteiger partial charge is 0.497 e. The number of hydrogen-bond donors (Lipinski definition) is 0. The molecule has 0 N–H and O–H groups in total. The van der Waals surface area contributed by atoms with E-state index in [1.807, 2.05) is 91.3 Å². The number of fused-ring (bicyclic) bond motifs is 1. The zero-order chi connectivity index (χ0) is 27.2. The minimum atomic E-state index is -3.29. The van der Waals surface area contributed by atoms with Gasteiger partial charge in [-0.1, -0.05) is 30.4 Å². The number of hydrogen-bond acceptors (Lipinski definition) is 6. The van der Waals surface area contributed by atoms with Gasteiger partial charge in [0.25, 0.3) is 0 Å². The van der Waals surface area contributed by atoms with Gasteiger partial charge in [0, 0.05) is 29.6 Å². The first-order valence-electron chi connectivity index (χ1n) is 12.5. The number of sulfone groups is 1. The molecule has 4 aromatic carbocycles.